The Morgan fingerprint density at radius 3 is 2.67 bits per heavy atom. The molecule has 2 aromatic heterocycles. The van der Waals surface area contributed by atoms with Gasteiger partial charge < -0.3 is 10.1 Å². The fourth-order valence-corrected chi connectivity index (χ4v) is 2.23. The second-order valence-electron chi connectivity index (χ2n) is 4.91. The molecule has 3 rings (SSSR count). The van der Waals surface area contributed by atoms with Crippen LogP contribution in [0, 0.1) is 5.82 Å². The number of methoxy groups -OCH3 is 1. The van der Waals surface area contributed by atoms with E-state index in [1.165, 1.54) is 31.6 Å². The topological polar surface area (TPSA) is 86.1 Å². The molecule has 0 saturated carbocycles. The van der Waals surface area contributed by atoms with E-state index in [-0.39, 0.29) is 17.9 Å². The van der Waals surface area contributed by atoms with Gasteiger partial charge in [-0.2, -0.15) is 5.10 Å². The number of hydrogen-bond donors (Lipinski definition) is 1. The van der Waals surface area contributed by atoms with Crippen molar-refractivity contribution in [1.29, 1.82) is 0 Å². The Hall–Kier alpha value is -3.29. The van der Waals surface area contributed by atoms with Crippen LogP contribution >= 0.6 is 0 Å². The molecule has 24 heavy (non-hydrogen) atoms. The summed E-state index contributed by atoms with van der Waals surface area (Å²) >= 11 is 0. The van der Waals surface area contributed by atoms with Crippen molar-refractivity contribution in [3.63, 3.8) is 0 Å². The number of rotatable bonds is 4. The van der Waals surface area contributed by atoms with Gasteiger partial charge in [0.2, 0.25) is 0 Å². The molecule has 1 amide bonds. The Balaban J connectivity index is 1.96. The Kier molecular flexibility index (Phi) is 4.19. The molecule has 0 fully saturated rings. The minimum Gasteiger partial charge on any atom is -0.468 e. The first kappa shape index (κ1) is 15.6. The molecular formula is C16H13FN4O3. The van der Waals surface area contributed by atoms with Gasteiger partial charge in [-0.15, -0.1) is 0 Å². The number of benzene rings is 1. The van der Waals surface area contributed by atoms with Crippen LogP contribution in [0.1, 0.15) is 10.4 Å². The van der Waals surface area contributed by atoms with Gasteiger partial charge in [-0.1, -0.05) is 0 Å². The van der Waals surface area contributed by atoms with E-state index in [2.05, 4.69) is 20.1 Å². The van der Waals surface area contributed by atoms with Crippen molar-refractivity contribution in [2.24, 2.45) is 0 Å². The lowest BCUT2D eigenvalue weighted by molar-refractivity contribution is -0.139. The Morgan fingerprint density at radius 2 is 1.96 bits per heavy atom. The van der Waals surface area contributed by atoms with Gasteiger partial charge in [0.15, 0.2) is 0 Å². The van der Waals surface area contributed by atoms with E-state index in [0.717, 1.165) is 0 Å². The number of nitrogens with zero attached hydrogens (tertiary/aromatic N) is 3. The monoisotopic (exact) mass is 328 g/mol. The number of fused-ring (bicyclic) bond motifs is 1. The summed E-state index contributed by atoms with van der Waals surface area (Å²) in [6, 6.07) is 5.80. The lowest BCUT2D eigenvalue weighted by Gasteiger charge is -2.06. The van der Waals surface area contributed by atoms with Crippen LogP contribution in [0.15, 0.2) is 42.9 Å². The summed E-state index contributed by atoms with van der Waals surface area (Å²) in [5.41, 5.74) is 1.51. The highest BCUT2D eigenvalue weighted by Gasteiger charge is 2.15. The van der Waals surface area contributed by atoms with E-state index in [4.69, 9.17) is 0 Å². The smallest absolute Gasteiger partial charge is 0.325 e. The van der Waals surface area contributed by atoms with Crippen LogP contribution in [0.3, 0.4) is 0 Å². The lowest BCUT2D eigenvalue weighted by atomic mass is 10.2. The van der Waals surface area contributed by atoms with Crippen molar-refractivity contribution in [1.82, 2.24) is 20.1 Å². The highest BCUT2D eigenvalue weighted by atomic mass is 19.1. The summed E-state index contributed by atoms with van der Waals surface area (Å²) in [6.07, 6.45) is 4.47. The van der Waals surface area contributed by atoms with Crippen molar-refractivity contribution >= 4 is 22.8 Å². The standard InChI is InChI=1S/C16H13FN4O3/c1-24-15(22)9-19-16(23)13-6-18-8-14-12(13)7-20-21(14)11-4-2-10(17)3-5-11/h2-8H,9H2,1H3,(H,19,23). The van der Waals surface area contributed by atoms with Gasteiger partial charge in [0, 0.05) is 11.6 Å². The van der Waals surface area contributed by atoms with Crippen LogP contribution < -0.4 is 5.32 Å². The zero-order chi connectivity index (χ0) is 17.1. The zero-order valence-electron chi connectivity index (χ0n) is 12.7. The van der Waals surface area contributed by atoms with E-state index in [9.17, 15) is 14.0 Å². The molecule has 122 valence electrons. The largest absolute Gasteiger partial charge is 0.468 e. The van der Waals surface area contributed by atoms with Gasteiger partial charge in [-0.05, 0) is 24.3 Å². The van der Waals surface area contributed by atoms with Crippen LogP contribution in [-0.2, 0) is 9.53 Å². The van der Waals surface area contributed by atoms with Crippen LogP contribution in [0.25, 0.3) is 16.6 Å². The minimum absolute atomic E-state index is 0.238. The molecule has 2 heterocycles. The lowest BCUT2D eigenvalue weighted by Crippen LogP contribution is -2.30. The molecule has 0 atom stereocenters. The molecule has 7 nitrogen and oxygen atoms in total. The number of esters is 1. The van der Waals surface area contributed by atoms with Crippen LogP contribution in [-0.4, -0.2) is 40.3 Å². The Bertz CT molecular complexity index is 905. The third-order valence-electron chi connectivity index (χ3n) is 3.43. The van der Waals surface area contributed by atoms with Gasteiger partial charge in [0.05, 0.1) is 36.3 Å². The second kappa shape index (κ2) is 6.45. The summed E-state index contributed by atoms with van der Waals surface area (Å²) in [4.78, 5) is 27.4. The molecule has 0 radical (unpaired) electrons. The fraction of sp³-hybridized carbons (Fsp3) is 0.125. The SMILES string of the molecule is COC(=O)CNC(=O)c1cncc2c1cnn2-c1ccc(F)cc1. The van der Waals surface area contributed by atoms with Crippen molar-refractivity contribution in [3.05, 3.63) is 54.2 Å². The Labute approximate surface area is 136 Å². The summed E-state index contributed by atoms with van der Waals surface area (Å²) in [5.74, 6) is -1.36. The number of halogens is 1. The number of hydrogen-bond acceptors (Lipinski definition) is 5. The first-order valence-corrected chi connectivity index (χ1v) is 7.03. The molecule has 0 aliphatic heterocycles. The molecule has 0 bridgehead atoms. The number of pyridine rings is 1. The van der Waals surface area contributed by atoms with Gasteiger partial charge in [0.25, 0.3) is 5.91 Å². The second-order valence-corrected chi connectivity index (χ2v) is 4.91. The molecule has 8 heteroatoms. The first-order chi connectivity index (χ1) is 11.6. The Morgan fingerprint density at radius 1 is 1.21 bits per heavy atom. The van der Waals surface area contributed by atoms with Crippen LogP contribution in [0.5, 0.6) is 0 Å². The summed E-state index contributed by atoms with van der Waals surface area (Å²) in [6.45, 7) is -0.238. The average molecular weight is 328 g/mol. The molecule has 0 spiro atoms. The van der Waals surface area contributed by atoms with E-state index in [1.807, 2.05) is 0 Å². The molecule has 1 N–H and O–H groups in total. The van der Waals surface area contributed by atoms with Crippen LogP contribution in [0.2, 0.25) is 0 Å². The molecule has 3 aromatic rings. The number of nitrogens with one attached hydrogen (secondary N) is 1. The predicted octanol–water partition coefficient (Wildman–Crippen LogP) is 1.46. The van der Waals surface area contributed by atoms with Gasteiger partial charge in [-0.3, -0.25) is 14.6 Å². The zero-order valence-corrected chi connectivity index (χ0v) is 12.7. The first-order valence-electron chi connectivity index (χ1n) is 7.03. The molecule has 0 saturated heterocycles. The number of aromatic nitrogens is 3. The molecule has 0 aliphatic rings. The van der Waals surface area contributed by atoms with E-state index >= 15 is 0 Å². The number of carbonyl (C=O) groups is 2. The predicted molar refractivity (Wildman–Crippen MR) is 83.2 cm³/mol. The quantitative estimate of drug-likeness (QED) is 0.733. The highest BCUT2D eigenvalue weighted by molar-refractivity contribution is 6.06. The van der Waals surface area contributed by atoms with Crippen molar-refractivity contribution in [2.45, 2.75) is 0 Å². The third-order valence-corrected chi connectivity index (χ3v) is 3.43. The summed E-state index contributed by atoms with van der Waals surface area (Å²) < 4.78 is 19.1. The van der Waals surface area contributed by atoms with Crippen molar-refractivity contribution in [3.8, 4) is 5.69 Å². The molecule has 0 unspecified atom stereocenters. The maximum atomic E-state index is 13.1. The summed E-state index contributed by atoms with van der Waals surface area (Å²) in [5, 5.41) is 7.26. The number of amides is 1. The minimum atomic E-state index is -0.550. The maximum absolute atomic E-state index is 13.1. The maximum Gasteiger partial charge on any atom is 0.325 e. The van der Waals surface area contributed by atoms with E-state index < -0.39 is 11.9 Å². The van der Waals surface area contributed by atoms with Gasteiger partial charge >= 0.3 is 5.97 Å². The molecular weight excluding hydrogens is 315 g/mol. The van der Waals surface area contributed by atoms with Crippen LogP contribution in [0.4, 0.5) is 4.39 Å². The normalized spacial score (nSPS) is 10.6. The third kappa shape index (κ3) is 2.94. The number of carbonyl (C=O) groups excluding carboxylic acids is 2. The van der Waals surface area contributed by atoms with E-state index in [1.54, 1.807) is 23.0 Å². The van der Waals surface area contributed by atoms with Gasteiger partial charge in [-0.25, -0.2) is 9.07 Å². The van der Waals surface area contributed by atoms with Gasteiger partial charge in [0.1, 0.15) is 12.4 Å². The molecule has 1 aromatic carbocycles. The number of ether oxygens (including phenoxy) is 1. The molecule has 0 aliphatic carbocycles. The highest BCUT2D eigenvalue weighted by Crippen LogP contribution is 2.20. The fourth-order valence-electron chi connectivity index (χ4n) is 2.23. The average Bonchev–Trinajstić information content (AvgIpc) is 3.04. The van der Waals surface area contributed by atoms with Crippen molar-refractivity contribution < 1.29 is 18.7 Å². The van der Waals surface area contributed by atoms with E-state index in [0.29, 0.717) is 16.6 Å². The van der Waals surface area contributed by atoms with Crippen molar-refractivity contribution in [2.75, 3.05) is 13.7 Å². The summed E-state index contributed by atoms with van der Waals surface area (Å²) in [7, 11) is 1.24.